The molecule has 0 radical (unpaired) electrons. The number of phenols is 2. The molecule has 0 bridgehead atoms. The average Bonchev–Trinajstić information content (AvgIpc) is 3.37. The van der Waals surface area contributed by atoms with Gasteiger partial charge in [-0.15, -0.1) is 0 Å². The topological polar surface area (TPSA) is 251 Å². The van der Waals surface area contributed by atoms with Gasteiger partial charge in [-0.3, -0.25) is 19.2 Å². The minimum atomic E-state index is -4.08. The fraction of sp³-hybridized carbons (Fsp3) is 0.282. The lowest BCUT2D eigenvalue weighted by atomic mass is 10.1. The van der Waals surface area contributed by atoms with E-state index in [0.717, 1.165) is 13.1 Å². The molecule has 0 atom stereocenters. The summed E-state index contributed by atoms with van der Waals surface area (Å²) in [5, 5.41) is 24.1. The van der Waals surface area contributed by atoms with Crippen molar-refractivity contribution in [2.75, 3.05) is 44.6 Å². The smallest absolute Gasteiger partial charge is 0.269 e. The Balaban J connectivity index is 0.000000350. The van der Waals surface area contributed by atoms with Crippen LogP contribution in [0.3, 0.4) is 0 Å². The molecule has 4 aromatic rings. The quantitative estimate of drug-likeness (QED) is 0.116. The van der Waals surface area contributed by atoms with Crippen molar-refractivity contribution in [1.29, 1.82) is 0 Å². The molecule has 5 rings (SSSR count). The molecule has 1 aliphatic heterocycles. The van der Waals surface area contributed by atoms with Gasteiger partial charge in [0.25, 0.3) is 21.8 Å². The van der Waals surface area contributed by atoms with Gasteiger partial charge < -0.3 is 31.2 Å². The van der Waals surface area contributed by atoms with Crippen LogP contribution in [0.15, 0.2) is 107 Å². The van der Waals surface area contributed by atoms with Gasteiger partial charge in [-0.05, 0) is 93.2 Å². The molecule has 1 aliphatic rings. The lowest BCUT2D eigenvalue weighted by Gasteiger charge is -2.20. The third-order valence-electron chi connectivity index (χ3n) is 8.10. The van der Waals surface area contributed by atoms with E-state index in [1.165, 1.54) is 77.7 Å². The maximum atomic E-state index is 12.7. The number of fused-ring (bicyclic) bond motifs is 1. The van der Waals surface area contributed by atoms with Gasteiger partial charge in [0.1, 0.15) is 16.4 Å². The van der Waals surface area contributed by atoms with E-state index in [9.17, 15) is 46.2 Å². The molecule has 0 aliphatic carbocycles. The van der Waals surface area contributed by atoms with Crippen molar-refractivity contribution >= 4 is 49.2 Å². The van der Waals surface area contributed by atoms with Gasteiger partial charge in [0.05, 0.1) is 29.1 Å². The van der Waals surface area contributed by atoms with Crippen molar-refractivity contribution in [1.82, 2.24) is 19.2 Å². The van der Waals surface area contributed by atoms with Crippen LogP contribution in [-0.4, -0.2) is 105 Å². The Kier molecular flexibility index (Phi) is 18.5. The second kappa shape index (κ2) is 22.2. The average molecular weight is 828 g/mol. The number of hydrogen-bond acceptors (Lipinski definition) is 11. The minimum Gasteiger partial charge on any atom is -0.508 e. The second-order valence-electron chi connectivity index (χ2n) is 12.0. The first-order valence-corrected chi connectivity index (χ1v) is 20.6. The van der Waals surface area contributed by atoms with Gasteiger partial charge in [0.15, 0.2) is 5.78 Å². The fourth-order valence-electron chi connectivity index (χ4n) is 5.24. The van der Waals surface area contributed by atoms with E-state index in [2.05, 4.69) is 29.2 Å². The number of sulfonamides is 2. The summed E-state index contributed by atoms with van der Waals surface area (Å²) in [5.41, 5.74) is 1.19. The number of ketones is 1. The van der Waals surface area contributed by atoms with E-state index < -0.39 is 50.7 Å². The number of carbonyl (C=O) groups excluding carboxylic acids is 4. The first kappa shape index (κ1) is 47.5. The Bertz CT molecular complexity index is 2190. The van der Waals surface area contributed by atoms with Crippen molar-refractivity contribution in [3.8, 4) is 11.5 Å². The molecule has 3 amide bonds. The normalized spacial score (nSPS) is 12.4. The maximum Gasteiger partial charge on any atom is 0.269 e. The van der Waals surface area contributed by atoms with E-state index in [-0.39, 0.29) is 50.2 Å². The Morgan fingerprint density at radius 1 is 0.772 bits per heavy atom. The first-order chi connectivity index (χ1) is 26.6. The van der Waals surface area contributed by atoms with Crippen LogP contribution in [0.5, 0.6) is 11.5 Å². The van der Waals surface area contributed by atoms with Gasteiger partial charge in [-0.1, -0.05) is 50.2 Å². The van der Waals surface area contributed by atoms with Gasteiger partial charge >= 0.3 is 0 Å². The predicted octanol–water partition coefficient (Wildman–Crippen LogP) is 2.93. The summed E-state index contributed by atoms with van der Waals surface area (Å²) >= 11 is 0. The number of Topliss-reactive ketones (excluding diaryl/α,β-unsaturated/α-hetero) is 1. The van der Waals surface area contributed by atoms with Crippen molar-refractivity contribution in [2.45, 2.75) is 43.9 Å². The summed E-state index contributed by atoms with van der Waals surface area (Å²) in [7, 11) is -8.04. The van der Waals surface area contributed by atoms with Gasteiger partial charge in [-0.25, -0.2) is 25.9 Å². The van der Waals surface area contributed by atoms with Crippen molar-refractivity contribution in [3.63, 3.8) is 0 Å². The van der Waals surface area contributed by atoms with E-state index >= 15 is 0 Å². The lowest BCUT2D eigenvalue weighted by molar-refractivity contribution is -0.118. The molecule has 0 unspecified atom stereocenters. The molecule has 0 fully saturated rings. The molecule has 308 valence electrons. The van der Waals surface area contributed by atoms with E-state index in [1.807, 2.05) is 13.8 Å². The zero-order chi connectivity index (χ0) is 41.5. The number of amides is 3. The summed E-state index contributed by atoms with van der Waals surface area (Å²) in [6.07, 6.45) is -0.0179. The summed E-state index contributed by atoms with van der Waals surface area (Å²) < 4.78 is 52.8. The van der Waals surface area contributed by atoms with Crippen molar-refractivity contribution < 1.29 is 51.7 Å². The van der Waals surface area contributed by atoms with Crippen LogP contribution in [0.4, 0.5) is 5.69 Å². The molecule has 18 heteroatoms. The molecular formula is C39H49N5O11S2. The molecule has 16 nitrogen and oxygen atoms in total. The number of phenolic OH excluding ortho intramolecular Hbond substituents is 2. The summed E-state index contributed by atoms with van der Waals surface area (Å²) in [6, 6.07) is 23.6. The van der Waals surface area contributed by atoms with Crippen LogP contribution in [-0.2, 0) is 36.1 Å². The van der Waals surface area contributed by atoms with Gasteiger partial charge in [0.2, 0.25) is 15.9 Å². The number of anilines is 1. The molecule has 0 saturated heterocycles. The monoisotopic (exact) mass is 827 g/mol. The zero-order valence-corrected chi connectivity index (χ0v) is 33.7. The number of rotatable bonds is 14. The first-order valence-electron chi connectivity index (χ1n) is 17.7. The number of nitrogens with one attached hydrogen (secondary N) is 3. The highest BCUT2D eigenvalue weighted by Gasteiger charge is 2.41. The summed E-state index contributed by atoms with van der Waals surface area (Å²) in [6.45, 7) is 9.90. The summed E-state index contributed by atoms with van der Waals surface area (Å²) in [5.74, 6) is -1.93. The highest BCUT2D eigenvalue weighted by atomic mass is 32.2. The molecule has 57 heavy (non-hydrogen) atoms. The van der Waals surface area contributed by atoms with Gasteiger partial charge in [-0.2, -0.15) is 0 Å². The van der Waals surface area contributed by atoms with Crippen molar-refractivity contribution in [3.05, 3.63) is 114 Å². The molecule has 0 spiro atoms. The Morgan fingerprint density at radius 2 is 1.32 bits per heavy atom. The second-order valence-corrected chi connectivity index (χ2v) is 15.6. The highest BCUT2D eigenvalue weighted by molar-refractivity contribution is 7.90. The largest absolute Gasteiger partial charge is 0.508 e. The standard InChI is InChI=1S/C19H23N3O5S.C16H13NO5S.C4H11N.H2O/c1-3-22(4-2)19(25)16-7-5-6-8-17(16)28(26,27)20-13-18(24)21-14-9-11-15(23)12-10-14;18-12-7-5-11(6-8-12)9-13(19)10-17-16(20)14-3-1-2-4-15(14)23(17,21)22;1-3-5-4-2;/h5-12,20,23H,3-4,13H2,1-2H3,(H,21,24);1-8,18H,9-10H2;5H,3-4H2,1-2H3;1H2. The molecule has 4 aromatic carbocycles. The lowest BCUT2D eigenvalue weighted by Crippen LogP contribution is -2.35. The van der Waals surface area contributed by atoms with Crippen LogP contribution >= 0.6 is 0 Å². The maximum absolute atomic E-state index is 12.7. The molecule has 1 heterocycles. The molecular weight excluding hydrogens is 779 g/mol. The number of nitrogens with zero attached hydrogens (tertiary/aromatic N) is 2. The number of carbonyl (C=O) groups is 4. The number of hydrogen-bond donors (Lipinski definition) is 5. The fourth-order valence-corrected chi connectivity index (χ4v) is 7.97. The van der Waals surface area contributed by atoms with E-state index in [0.29, 0.717) is 28.6 Å². The summed E-state index contributed by atoms with van der Waals surface area (Å²) in [4.78, 5) is 50.2. The molecule has 7 N–H and O–H groups in total. The third-order valence-corrected chi connectivity index (χ3v) is 11.3. The Morgan fingerprint density at radius 3 is 1.86 bits per heavy atom. The Hall–Kier alpha value is -5.66. The highest BCUT2D eigenvalue weighted by Crippen LogP contribution is 2.29. The number of benzene rings is 4. The SMILES string of the molecule is CCN(CC)C(=O)c1ccccc1S(=O)(=O)NCC(=O)Nc1ccc(O)cc1.CCNCC.O.O=C(Cc1ccc(O)cc1)CN1C(=O)c2ccccc2S1(=O)=O. The minimum absolute atomic E-state index is 0. The van der Waals surface area contributed by atoms with E-state index in [4.69, 9.17) is 0 Å². The van der Waals surface area contributed by atoms with Gasteiger partial charge in [0, 0.05) is 25.2 Å². The third kappa shape index (κ3) is 13.2. The van der Waals surface area contributed by atoms with E-state index in [1.54, 1.807) is 24.3 Å². The zero-order valence-electron chi connectivity index (χ0n) is 32.1. The van der Waals surface area contributed by atoms with Crippen LogP contribution in [0.25, 0.3) is 0 Å². The van der Waals surface area contributed by atoms with Crippen LogP contribution < -0.4 is 15.4 Å². The van der Waals surface area contributed by atoms with Crippen molar-refractivity contribution in [2.24, 2.45) is 0 Å². The Labute approximate surface area is 332 Å². The molecule has 0 saturated carbocycles. The number of aromatic hydroxyl groups is 2. The van der Waals surface area contributed by atoms with Crippen LogP contribution in [0.2, 0.25) is 0 Å². The van der Waals surface area contributed by atoms with Crippen LogP contribution in [0.1, 0.15) is 54.0 Å². The van der Waals surface area contributed by atoms with Crippen LogP contribution in [0, 0.1) is 0 Å². The predicted molar refractivity (Wildman–Crippen MR) is 215 cm³/mol. The molecule has 0 aromatic heterocycles.